The second-order valence-electron chi connectivity index (χ2n) is 4.87. The Balaban J connectivity index is 2.08. The molecule has 1 aliphatic heterocycles. The molecule has 0 amide bonds. The summed E-state index contributed by atoms with van der Waals surface area (Å²) in [7, 11) is 0. The highest BCUT2D eigenvalue weighted by atomic mass is 16.5. The lowest BCUT2D eigenvalue weighted by Crippen LogP contribution is -2.26. The summed E-state index contributed by atoms with van der Waals surface area (Å²) in [6.45, 7) is 6.69. The number of nitrogens with two attached hydrogens (primary N) is 1. The van der Waals surface area contributed by atoms with Gasteiger partial charge < -0.3 is 15.7 Å². The number of hydrogen-bond donors (Lipinski definition) is 2. The number of oxime groups is 1. The normalized spacial score (nSPS) is 18.3. The Bertz CT molecular complexity index is 452. The Morgan fingerprint density at radius 3 is 3.00 bits per heavy atom. The van der Waals surface area contributed by atoms with Crippen molar-refractivity contribution in [2.75, 3.05) is 26.3 Å². The SMILES string of the molecule is Cc1cc(/C(N)=N/O)ccc1CN1CCCOCC1. The molecule has 0 atom stereocenters. The van der Waals surface area contributed by atoms with Crippen molar-refractivity contribution in [1.29, 1.82) is 0 Å². The van der Waals surface area contributed by atoms with Crippen molar-refractivity contribution in [3.05, 3.63) is 34.9 Å². The number of nitrogens with zero attached hydrogens (tertiary/aromatic N) is 2. The third kappa shape index (κ3) is 3.68. The van der Waals surface area contributed by atoms with Gasteiger partial charge in [-0.25, -0.2) is 0 Å². The van der Waals surface area contributed by atoms with E-state index in [1.54, 1.807) is 0 Å². The minimum absolute atomic E-state index is 0.151. The van der Waals surface area contributed by atoms with E-state index >= 15 is 0 Å². The van der Waals surface area contributed by atoms with E-state index in [0.717, 1.165) is 50.4 Å². The zero-order chi connectivity index (χ0) is 13.7. The van der Waals surface area contributed by atoms with Gasteiger partial charge in [0.2, 0.25) is 0 Å². The van der Waals surface area contributed by atoms with Crippen LogP contribution in [0.25, 0.3) is 0 Å². The molecule has 104 valence electrons. The first-order chi connectivity index (χ1) is 9.20. The Hall–Kier alpha value is -1.59. The third-order valence-corrected chi connectivity index (χ3v) is 3.45. The second kappa shape index (κ2) is 6.54. The number of ether oxygens (including phenoxy) is 1. The number of hydrogen-bond acceptors (Lipinski definition) is 4. The number of rotatable bonds is 3. The van der Waals surface area contributed by atoms with Crippen molar-refractivity contribution in [1.82, 2.24) is 4.90 Å². The van der Waals surface area contributed by atoms with Gasteiger partial charge in [0.1, 0.15) is 0 Å². The van der Waals surface area contributed by atoms with Gasteiger partial charge in [-0.05, 0) is 30.5 Å². The summed E-state index contributed by atoms with van der Waals surface area (Å²) in [4.78, 5) is 2.40. The lowest BCUT2D eigenvalue weighted by atomic mass is 10.0. The molecule has 1 saturated heterocycles. The van der Waals surface area contributed by atoms with Gasteiger partial charge in [0.25, 0.3) is 0 Å². The predicted octanol–water partition coefficient (Wildman–Crippen LogP) is 1.31. The first kappa shape index (κ1) is 13.8. The van der Waals surface area contributed by atoms with Gasteiger partial charge in [0.05, 0.1) is 6.61 Å². The van der Waals surface area contributed by atoms with Crippen molar-refractivity contribution >= 4 is 5.84 Å². The summed E-state index contributed by atoms with van der Waals surface area (Å²) in [6, 6.07) is 5.90. The van der Waals surface area contributed by atoms with Crippen LogP contribution in [0.5, 0.6) is 0 Å². The van der Waals surface area contributed by atoms with Crippen LogP contribution in [0.1, 0.15) is 23.1 Å². The first-order valence-electron chi connectivity index (χ1n) is 6.58. The highest BCUT2D eigenvalue weighted by Crippen LogP contribution is 2.14. The number of benzene rings is 1. The van der Waals surface area contributed by atoms with Crippen molar-refractivity contribution in [3.63, 3.8) is 0 Å². The third-order valence-electron chi connectivity index (χ3n) is 3.45. The summed E-state index contributed by atoms with van der Waals surface area (Å²) >= 11 is 0. The van der Waals surface area contributed by atoms with Crippen LogP contribution >= 0.6 is 0 Å². The maximum Gasteiger partial charge on any atom is 0.170 e. The Morgan fingerprint density at radius 2 is 2.26 bits per heavy atom. The molecule has 1 aromatic rings. The molecule has 1 fully saturated rings. The molecule has 5 heteroatoms. The van der Waals surface area contributed by atoms with Gasteiger partial charge in [-0.2, -0.15) is 0 Å². The largest absolute Gasteiger partial charge is 0.409 e. The lowest BCUT2D eigenvalue weighted by molar-refractivity contribution is 0.140. The summed E-state index contributed by atoms with van der Waals surface area (Å²) in [5.74, 6) is 0.151. The van der Waals surface area contributed by atoms with Crippen LogP contribution in [0.2, 0.25) is 0 Å². The van der Waals surface area contributed by atoms with E-state index in [2.05, 4.69) is 23.0 Å². The molecule has 1 aliphatic rings. The van der Waals surface area contributed by atoms with E-state index in [1.165, 1.54) is 5.56 Å². The van der Waals surface area contributed by atoms with Crippen LogP contribution in [-0.2, 0) is 11.3 Å². The van der Waals surface area contributed by atoms with Gasteiger partial charge in [0, 0.05) is 31.8 Å². The van der Waals surface area contributed by atoms with Gasteiger partial charge in [-0.3, -0.25) is 4.90 Å². The number of aryl methyl sites for hydroxylation is 1. The molecule has 5 nitrogen and oxygen atoms in total. The average molecular weight is 263 g/mol. The Morgan fingerprint density at radius 1 is 1.42 bits per heavy atom. The monoisotopic (exact) mass is 263 g/mol. The zero-order valence-corrected chi connectivity index (χ0v) is 11.3. The number of amidine groups is 1. The predicted molar refractivity (Wildman–Crippen MR) is 74.4 cm³/mol. The van der Waals surface area contributed by atoms with E-state index in [4.69, 9.17) is 15.7 Å². The molecule has 3 N–H and O–H groups in total. The van der Waals surface area contributed by atoms with Crippen molar-refractivity contribution in [2.24, 2.45) is 10.9 Å². The Kier molecular flexibility index (Phi) is 4.76. The molecule has 0 saturated carbocycles. The summed E-state index contributed by atoms with van der Waals surface area (Å²) in [6.07, 6.45) is 1.08. The van der Waals surface area contributed by atoms with Crippen molar-refractivity contribution < 1.29 is 9.94 Å². The Labute approximate surface area is 113 Å². The summed E-state index contributed by atoms with van der Waals surface area (Å²) in [5, 5.41) is 11.7. The topological polar surface area (TPSA) is 71.1 Å². The molecule has 2 rings (SSSR count). The van der Waals surface area contributed by atoms with Crippen LogP contribution in [0.4, 0.5) is 0 Å². The molecule has 0 unspecified atom stereocenters. The van der Waals surface area contributed by atoms with E-state index in [-0.39, 0.29) is 5.84 Å². The van der Waals surface area contributed by atoms with Gasteiger partial charge in [-0.15, -0.1) is 0 Å². The maximum absolute atomic E-state index is 8.68. The van der Waals surface area contributed by atoms with Gasteiger partial charge in [0.15, 0.2) is 5.84 Å². The highest BCUT2D eigenvalue weighted by molar-refractivity contribution is 5.97. The van der Waals surface area contributed by atoms with Crippen molar-refractivity contribution in [3.8, 4) is 0 Å². The summed E-state index contributed by atoms with van der Waals surface area (Å²) < 4.78 is 5.46. The molecule has 1 heterocycles. The quantitative estimate of drug-likeness (QED) is 0.373. The highest BCUT2D eigenvalue weighted by Gasteiger charge is 2.11. The molecule has 0 radical (unpaired) electrons. The van der Waals surface area contributed by atoms with Crippen LogP contribution in [0, 0.1) is 6.92 Å². The van der Waals surface area contributed by atoms with Crippen LogP contribution < -0.4 is 5.73 Å². The van der Waals surface area contributed by atoms with Crippen LogP contribution in [0.15, 0.2) is 23.4 Å². The molecule has 0 aliphatic carbocycles. The summed E-state index contributed by atoms with van der Waals surface area (Å²) in [5.41, 5.74) is 8.78. The average Bonchev–Trinajstić information content (AvgIpc) is 2.68. The van der Waals surface area contributed by atoms with E-state index in [0.29, 0.717) is 0 Å². The molecule has 0 spiro atoms. The van der Waals surface area contributed by atoms with Crippen LogP contribution in [-0.4, -0.2) is 42.2 Å². The van der Waals surface area contributed by atoms with E-state index < -0.39 is 0 Å². The molecule has 1 aromatic carbocycles. The fraction of sp³-hybridized carbons (Fsp3) is 0.500. The standard InChI is InChI=1S/C14H21N3O2/c1-11-9-12(14(15)16-18)3-4-13(11)10-17-5-2-7-19-8-6-17/h3-4,9,18H,2,5-8,10H2,1H3,(H2,15,16). The lowest BCUT2D eigenvalue weighted by Gasteiger charge is -2.20. The molecule has 19 heavy (non-hydrogen) atoms. The first-order valence-corrected chi connectivity index (χ1v) is 6.58. The molecular weight excluding hydrogens is 242 g/mol. The second-order valence-corrected chi connectivity index (χ2v) is 4.87. The molecule has 0 aromatic heterocycles. The smallest absolute Gasteiger partial charge is 0.170 e. The van der Waals surface area contributed by atoms with Crippen LogP contribution in [0.3, 0.4) is 0 Å². The fourth-order valence-electron chi connectivity index (χ4n) is 2.29. The van der Waals surface area contributed by atoms with Gasteiger partial charge >= 0.3 is 0 Å². The zero-order valence-electron chi connectivity index (χ0n) is 11.3. The van der Waals surface area contributed by atoms with Crippen molar-refractivity contribution in [2.45, 2.75) is 19.9 Å². The fourth-order valence-corrected chi connectivity index (χ4v) is 2.29. The molecule has 0 bridgehead atoms. The minimum atomic E-state index is 0.151. The maximum atomic E-state index is 8.68. The van der Waals surface area contributed by atoms with E-state index in [1.807, 2.05) is 12.1 Å². The molecular formula is C14H21N3O2. The van der Waals surface area contributed by atoms with Gasteiger partial charge in [-0.1, -0.05) is 17.3 Å². The van der Waals surface area contributed by atoms with E-state index in [9.17, 15) is 0 Å². The minimum Gasteiger partial charge on any atom is -0.409 e.